The summed E-state index contributed by atoms with van der Waals surface area (Å²) < 4.78 is 0. The number of nitrogens with one attached hydrogen (secondary N) is 1. The Morgan fingerprint density at radius 1 is 1.33 bits per heavy atom. The van der Waals surface area contributed by atoms with E-state index in [0.29, 0.717) is 11.4 Å². The molecule has 2 rings (SSSR count). The third kappa shape index (κ3) is 2.96. The monoisotopic (exact) mass is 249 g/mol. The molecule has 1 aromatic heterocycles. The number of carbonyl (C=O) groups excluding carboxylic acids is 1. The van der Waals surface area contributed by atoms with Gasteiger partial charge in [0.1, 0.15) is 5.69 Å². The summed E-state index contributed by atoms with van der Waals surface area (Å²) >= 11 is 0. The van der Waals surface area contributed by atoms with Crippen molar-refractivity contribution in [3.63, 3.8) is 0 Å². The van der Waals surface area contributed by atoms with Crippen LogP contribution in [0.1, 0.15) is 16.9 Å². The number of aromatic nitrogens is 1. The predicted molar refractivity (Wildman–Crippen MR) is 70.1 cm³/mol. The number of nitrogen functional groups attached to an aromatic ring is 1. The minimum atomic E-state index is -0.00567. The quantitative estimate of drug-likeness (QED) is 0.576. The van der Waals surface area contributed by atoms with Gasteiger partial charge in [0, 0.05) is 19.6 Å². The van der Waals surface area contributed by atoms with Crippen LogP contribution in [0, 0.1) is 0 Å². The van der Waals surface area contributed by atoms with Crippen molar-refractivity contribution < 1.29 is 4.79 Å². The van der Waals surface area contributed by atoms with Gasteiger partial charge >= 0.3 is 0 Å². The molecule has 0 saturated carbocycles. The summed E-state index contributed by atoms with van der Waals surface area (Å²) in [5.74, 6) is 5.26. The van der Waals surface area contributed by atoms with Crippen molar-refractivity contribution in [3.8, 4) is 0 Å². The van der Waals surface area contributed by atoms with Gasteiger partial charge < -0.3 is 15.2 Å². The highest BCUT2D eigenvalue weighted by Gasteiger charge is 2.19. The number of hydrogen-bond donors (Lipinski definition) is 2. The first-order chi connectivity index (χ1) is 8.70. The largest absolute Gasteiger partial charge is 0.336 e. The second kappa shape index (κ2) is 5.79. The van der Waals surface area contributed by atoms with Crippen LogP contribution in [0.15, 0.2) is 18.3 Å². The summed E-state index contributed by atoms with van der Waals surface area (Å²) in [6.07, 6.45) is 2.57. The van der Waals surface area contributed by atoms with Crippen molar-refractivity contribution in [1.82, 2.24) is 14.8 Å². The molecule has 0 atom stereocenters. The zero-order chi connectivity index (χ0) is 13.0. The van der Waals surface area contributed by atoms with E-state index in [4.69, 9.17) is 5.84 Å². The third-order valence-corrected chi connectivity index (χ3v) is 3.16. The highest BCUT2D eigenvalue weighted by atomic mass is 16.2. The van der Waals surface area contributed by atoms with Crippen LogP contribution in [-0.4, -0.2) is 53.9 Å². The number of rotatable bonds is 2. The van der Waals surface area contributed by atoms with Gasteiger partial charge in [0.2, 0.25) is 0 Å². The van der Waals surface area contributed by atoms with Gasteiger partial charge in [0.05, 0.1) is 11.9 Å². The highest BCUT2D eigenvalue weighted by molar-refractivity contribution is 5.92. The standard InChI is InChI=1S/C12H19N5O/c1-16-5-2-6-17(8-7-16)12(18)11-4-3-10(15-13)9-14-11/h3-4,9,15H,2,5-8,13H2,1H3. The average molecular weight is 249 g/mol. The van der Waals surface area contributed by atoms with Gasteiger partial charge in [-0.15, -0.1) is 0 Å². The lowest BCUT2D eigenvalue weighted by Gasteiger charge is -2.20. The molecule has 0 spiro atoms. The topological polar surface area (TPSA) is 74.5 Å². The maximum absolute atomic E-state index is 12.3. The second-order valence-corrected chi connectivity index (χ2v) is 4.53. The fraction of sp³-hybridized carbons (Fsp3) is 0.500. The van der Waals surface area contributed by atoms with Crippen molar-refractivity contribution >= 4 is 11.6 Å². The molecular formula is C12H19N5O. The van der Waals surface area contributed by atoms with Crippen molar-refractivity contribution in [3.05, 3.63) is 24.0 Å². The first-order valence-electron chi connectivity index (χ1n) is 6.11. The van der Waals surface area contributed by atoms with Gasteiger partial charge in [-0.3, -0.25) is 10.6 Å². The molecule has 1 aromatic rings. The van der Waals surface area contributed by atoms with Crippen LogP contribution < -0.4 is 11.3 Å². The lowest BCUT2D eigenvalue weighted by Crippen LogP contribution is -2.34. The summed E-state index contributed by atoms with van der Waals surface area (Å²) in [4.78, 5) is 20.5. The molecule has 1 aliphatic heterocycles. The molecule has 6 nitrogen and oxygen atoms in total. The SMILES string of the molecule is CN1CCCN(C(=O)c2ccc(NN)cn2)CC1. The molecule has 1 aliphatic rings. The third-order valence-electron chi connectivity index (χ3n) is 3.16. The first kappa shape index (κ1) is 12.8. The van der Waals surface area contributed by atoms with E-state index in [0.717, 1.165) is 32.6 Å². The fourth-order valence-corrected chi connectivity index (χ4v) is 2.02. The van der Waals surface area contributed by atoms with Crippen molar-refractivity contribution in [2.45, 2.75) is 6.42 Å². The zero-order valence-electron chi connectivity index (χ0n) is 10.6. The molecule has 3 N–H and O–H groups in total. The number of hydrazine groups is 1. The molecule has 98 valence electrons. The number of hydrogen-bond acceptors (Lipinski definition) is 5. The molecule has 0 bridgehead atoms. The van der Waals surface area contributed by atoms with Crippen LogP contribution in [0.5, 0.6) is 0 Å². The lowest BCUT2D eigenvalue weighted by atomic mass is 10.3. The van der Waals surface area contributed by atoms with Crippen molar-refractivity contribution in [2.75, 3.05) is 38.7 Å². The highest BCUT2D eigenvalue weighted by Crippen LogP contribution is 2.09. The van der Waals surface area contributed by atoms with Crippen LogP contribution in [-0.2, 0) is 0 Å². The number of anilines is 1. The Morgan fingerprint density at radius 3 is 2.83 bits per heavy atom. The van der Waals surface area contributed by atoms with Crippen molar-refractivity contribution in [1.29, 1.82) is 0 Å². The lowest BCUT2D eigenvalue weighted by molar-refractivity contribution is 0.0757. The van der Waals surface area contributed by atoms with Gasteiger partial charge in [-0.25, -0.2) is 4.98 Å². The normalized spacial score (nSPS) is 17.3. The Balaban J connectivity index is 2.05. The van der Waals surface area contributed by atoms with E-state index in [1.54, 1.807) is 18.3 Å². The summed E-state index contributed by atoms with van der Waals surface area (Å²) in [5, 5.41) is 0. The number of carbonyl (C=O) groups is 1. The Hall–Kier alpha value is -1.66. The Kier molecular flexibility index (Phi) is 4.11. The predicted octanol–water partition coefficient (Wildman–Crippen LogP) is 0.145. The molecule has 0 radical (unpaired) electrons. The maximum atomic E-state index is 12.3. The molecule has 2 heterocycles. The summed E-state index contributed by atoms with van der Waals surface area (Å²) in [6, 6.07) is 3.45. The number of nitrogens with two attached hydrogens (primary N) is 1. The van der Waals surface area contributed by atoms with Gasteiger partial charge in [-0.05, 0) is 32.1 Å². The minimum absolute atomic E-state index is 0.00567. The fourth-order valence-electron chi connectivity index (χ4n) is 2.02. The van der Waals surface area contributed by atoms with Gasteiger partial charge in [0.15, 0.2) is 0 Å². The van der Waals surface area contributed by atoms with E-state index in [1.807, 2.05) is 4.90 Å². The van der Waals surface area contributed by atoms with Crippen LogP contribution in [0.25, 0.3) is 0 Å². The molecule has 0 aliphatic carbocycles. The smallest absolute Gasteiger partial charge is 0.272 e. The van der Waals surface area contributed by atoms with Gasteiger partial charge in [-0.2, -0.15) is 0 Å². The van der Waals surface area contributed by atoms with E-state index in [2.05, 4.69) is 22.4 Å². The van der Waals surface area contributed by atoms with Crippen LogP contribution in [0.2, 0.25) is 0 Å². The summed E-state index contributed by atoms with van der Waals surface area (Å²) in [5.41, 5.74) is 3.66. The van der Waals surface area contributed by atoms with Crippen LogP contribution in [0.4, 0.5) is 5.69 Å². The molecule has 1 saturated heterocycles. The number of nitrogens with zero attached hydrogens (tertiary/aromatic N) is 3. The molecule has 0 unspecified atom stereocenters. The Morgan fingerprint density at radius 2 is 2.17 bits per heavy atom. The van der Waals surface area contributed by atoms with E-state index in [-0.39, 0.29) is 5.91 Å². The average Bonchev–Trinajstić information content (AvgIpc) is 2.63. The van der Waals surface area contributed by atoms with Crippen LogP contribution >= 0.6 is 0 Å². The Labute approximate surface area is 107 Å². The van der Waals surface area contributed by atoms with Gasteiger partial charge in [0.25, 0.3) is 5.91 Å². The number of amides is 1. The second-order valence-electron chi connectivity index (χ2n) is 4.53. The molecule has 6 heteroatoms. The molecular weight excluding hydrogens is 230 g/mol. The van der Waals surface area contributed by atoms with Crippen LogP contribution in [0.3, 0.4) is 0 Å². The summed E-state index contributed by atoms with van der Waals surface area (Å²) in [6.45, 7) is 3.50. The van der Waals surface area contributed by atoms with E-state index >= 15 is 0 Å². The number of pyridine rings is 1. The zero-order valence-corrected chi connectivity index (χ0v) is 10.6. The van der Waals surface area contributed by atoms with E-state index in [1.165, 1.54) is 0 Å². The Bertz CT molecular complexity index is 405. The van der Waals surface area contributed by atoms with E-state index in [9.17, 15) is 4.79 Å². The maximum Gasteiger partial charge on any atom is 0.272 e. The molecule has 1 fully saturated rings. The minimum Gasteiger partial charge on any atom is -0.336 e. The van der Waals surface area contributed by atoms with Gasteiger partial charge in [-0.1, -0.05) is 0 Å². The first-order valence-corrected chi connectivity index (χ1v) is 6.11. The summed E-state index contributed by atoms with van der Waals surface area (Å²) in [7, 11) is 2.08. The molecule has 18 heavy (non-hydrogen) atoms. The van der Waals surface area contributed by atoms with E-state index < -0.39 is 0 Å². The number of likely N-dealkylation sites (N-methyl/N-ethyl adjacent to an activating group) is 1. The van der Waals surface area contributed by atoms with Crippen molar-refractivity contribution in [2.24, 2.45) is 5.84 Å². The molecule has 0 aromatic carbocycles. The molecule has 1 amide bonds.